The van der Waals surface area contributed by atoms with Gasteiger partial charge in [-0.3, -0.25) is 4.90 Å². The number of para-hydroxylation sites is 2. The van der Waals surface area contributed by atoms with Crippen LogP contribution >= 0.6 is 11.3 Å². The minimum Gasteiger partial charge on any atom is -1.00 e. The number of anilines is 1. The second-order valence-corrected chi connectivity index (χ2v) is 7.24. The zero-order valence-corrected chi connectivity index (χ0v) is 16.6. The van der Waals surface area contributed by atoms with Crippen LogP contribution in [-0.2, 0) is 11.3 Å². The molecule has 144 valence electrons. The number of ether oxygens (including phenoxy) is 2. The van der Waals surface area contributed by atoms with Crippen LogP contribution in [-0.4, -0.2) is 62.6 Å². The fourth-order valence-electron chi connectivity index (χ4n) is 3.10. The molecule has 0 radical (unpaired) electrons. The molecule has 3 rings (SSSR count). The van der Waals surface area contributed by atoms with Crippen LogP contribution in [0.15, 0.2) is 41.8 Å². The molecule has 1 N–H and O–H groups in total. The summed E-state index contributed by atoms with van der Waals surface area (Å²) in [5, 5.41) is 12.2. The van der Waals surface area contributed by atoms with E-state index in [0.29, 0.717) is 19.8 Å². The van der Waals surface area contributed by atoms with Gasteiger partial charge in [-0.05, 0) is 23.6 Å². The third kappa shape index (κ3) is 5.86. The van der Waals surface area contributed by atoms with Gasteiger partial charge in [0.2, 0.25) is 0 Å². The molecule has 1 aliphatic heterocycles. The van der Waals surface area contributed by atoms with E-state index in [2.05, 4.69) is 15.9 Å². The van der Waals surface area contributed by atoms with Crippen molar-refractivity contribution in [1.29, 1.82) is 0 Å². The van der Waals surface area contributed by atoms with Crippen molar-refractivity contribution in [3.05, 3.63) is 46.7 Å². The Morgan fingerprint density at radius 1 is 1.12 bits per heavy atom. The first kappa shape index (κ1) is 21.0. The number of halogens is 1. The number of hydrogen-bond acceptors (Lipinski definition) is 6. The van der Waals surface area contributed by atoms with Crippen molar-refractivity contribution in [3.63, 3.8) is 0 Å². The van der Waals surface area contributed by atoms with Crippen LogP contribution in [0.25, 0.3) is 0 Å². The molecular formula is C19H26ClN2O3S-. The summed E-state index contributed by atoms with van der Waals surface area (Å²) in [5.41, 5.74) is 1.14. The zero-order valence-electron chi connectivity index (χ0n) is 15.0. The number of benzene rings is 1. The van der Waals surface area contributed by atoms with Gasteiger partial charge in [0, 0.05) is 37.6 Å². The van der Waals surface area contributed by atoms with Crippen LogP contribution < -0.4 is 22.0 Å². The molecule has 2 heterocycles. The van der Waals surface area contributed by atoms with Gasteiger partial charge in [-0.1, -0.05) is 18.2 Å². The van der Waals surface area contributed by atoms with Gasteiger partial charge in [0.25, 0.3) is 0 Å². The van der Waals surface area contributed by atoms with E-state index in [0.717, 1.165) is 37.6 Å². The maximum Gasteiger partial charge on any atom is 0.142 e. The highest BCUT2D eigenvalue weighted by atomic mass is 35.5. The Hall–Kier alpha value is -1.31. The second kappa shape index (κ2) is 10.7. The largest absolute Gasteiger partial charge is 1.00 e. The Kier molecular flexibility index (Phi) is 8.68. The van der Waals surface area contributed by atoms with E-state index in [1.165, 1.54) is 4.88 Å². The lowest BCUT2D eigenvalue weighted by Gasteiger charge is -2.37. The number of methoxy groups -OCH3 is 1. The van der Waals surface area contributed by atoms with Crippen molar-refractivity contribution < 1.29 is 27.0 Å². The Balaban J connectivity index is 0.00000243. The van der Waals surface area contributed by atoms with Gasteiger partial charge < -0.3 is 31.9 Å². The minimum atomic E-state index is -0.447. The molecule has 0 saturated carbocycles. The lowest BCUT2D eigenvalue weighted by Crippen LogP contribution is -3.00. The highest BCUT2D eigenvalue weighted by Crippen LogP contribution is 2.28. The average molecular weight is 398 g/mol. The van der Waals surface area contributed by atoms with E-state index in [1.807, 2.05) is 35.7 Å². The summed E-state index contributed by atoms with van der Waals surface area (Å²) >= 11 is 1.68. The van der Waals surface area contributed by atoms with Crippen molar-refractivity contribution in [2.24, 2.45) is 0 Å². The summed E-state index contributed by atoms with van der Waals surface area (Å²) in [5.74, 6) is 0.915. The first-order valence-electron chi connectivity index (χ1n) is 8.65. The van der Waals surface area contributed by atoms with E-state index < -0.39 is 6.10 Å². The summed E-state index contributed by atoms with van der Waals surface area (Å²) in [6.45, 7) is 5.34. The topological polar surface area (TPSA) is 45.2 Å². The van der Waals surface area contributed by atoms with Gasteiger partial charge in [-0.25, -0.2) is 0 Å². The number of nitrogens with zero attached hydrogens (tertiary/aromatic N) is 2. The van der Waals surface area contributed by atoms with Gasteiger partial charge in [0.15, 0.2) is 0 Å². The highest BCUT2D eigenvalue weighted by molar-refractivity contribution is 7.09. The molecule has 0 spiro atoms. The molecule has 1 unspecified atom stereocenters. The number of thiophene rings is 1. The molecule has 26 heavy (non-hydrogen) atoms. The SMILES string of the molecule is COc1ccccc1N1CCN(CC(O)COCc2cccs2)CC1.[Cl-]. The van der Waals surface area contributed by atoms with Gasteiger partial charge in [-0.2, -0.15) is 0 Å². The van der Waals surface area contributed by atoms with E-state index in [4.69, 9.17) is 9.47 Å². The highest BCUT2D eigenvalue weighted by Gasteiger charge is 2.21. The second-order valence-electron chi connectivity index (χ2n) is 6.21. The molecule has 2 aromatic rings. The summed E-state index contributed by atoms with van der Waals surface area (Å²) in [7, 11) is 1.71. The van der Waals surface area contributed by atoms with Crippen LogP contribution in [0.4, 0.5) is 5.69 Å². The molecule has 0 aliphatic carbocycles. The third-order valence-electron chi connectivity index (χ3n) is 4.40. The molecule has 1 aliphatic rings. The number of rotatable bonds is 8. The number of aliphatic hydroxyl groups is 1. The normalized spacial score (nSPS) is 16.2. The quantitative estimate of drug-likeness (QED) is 0.648. The third-order valence-corrected chi connectivity index (χ3v) is 5.25. The molecular weight excluding hydrogens is 372 g/mol. The van der Waals surface area contributed by atoms with Crippen molar-refractivity contribution in [1.82, 2.24) is 4.90 Å². The van der Waals surface area contributed by atoms with Gasteiger partial charge in [0.1, 0.15) is 5.75 Å². The monoisotopic (exact) mass is 397 g/mol. The molecule has 1 aromatic carbocycles. The Bertz CT molecular complexity index is 633. The summed E-state index contributed by atoms with van der Waals surface area (Å²) in [6, 6.07) is 12.2. The average Bonchev–Trinajstić information content (AvgIpc) is 3.16. The van der Waals surface area contributed by atoms with Crippen molar-refractivity contribution >= 4 is 17.0 Å². The van der Waals surface area contributed by atoms with Crippen LogP contribution in [0.2, 0.25) is 0 Å². The van der Waals surface area contributed by atoms with Crippen LogP contribution in [0.5, 0.6) is 5.75 Å². The predicted octanol–water partition coefficient (Wildman–Crippen LogP) is -0.540. The summed E-state index contributed by atoms with van der Waals surface area (Å²) in [6.07, 6.45) is -0.447. The molecule has 0 bridgehead atoms. The maximum atomic E-state index is 10.2. The van der Waals surface area contributed by atoms with Crippen molar-refractivity contribution in [3.8, 4) is 5.75 Å². The van der Waals surface area contributed by atoms with E-state index in [1.54, 1.807) is 18.4 Å². The number of aliphatic hydroxyl groups excluding tert-OH is 1. The molecule has 1 fully saturated rings. The number of piperazine rings is 1. The molecule has 1 aromatic heterocycles. The van der Waals surface area contributed by atoms with Gasteiger partial charge >= 0.3 is 0 Å². The van der Waals surface area contributed by atoms with E-state index in [9.17, 15) is 5.11 Å². The first-order valence-corrected chi connectivity index (χ1v) is 9.52. The number of hydrogen-bond donors (Lipinski definition) is 1. The molecule has 1 atom stereocenters. The summed E-state index contributed by atoms with van der Waals surface area (Å²) < 4.78 is 11.1. The lowest BCUT2D eigenvalue weighted by atomic mass is 10.2. The van der Waals surface area contributed by atoms with Crippen LogP contribution in [0, 0.1) is 0 Å². The Morgan fingerprint density at radius 3 is 2.58 bits per heavy atom. The minimum absolute atomic E-state index is 0. The van der Waals surface area contributed by atoms with Crippen LogP contribution in [0.3, 0.4) is 0 Å². The molecule has 1 saturated heterocycles. The van der Waals surface area contributed by atoms with Gasteiger partial charge in [0.05, 0.1) is 32.1 Å². The standard InChI is InChI=1S/C19H26N2O3S.ClH/c1-23-19-7-3-2-6-18(19)21-10-8-20(9-11-21)13-16(22)14-24-15-17-5-4-12-25-17;/h2-7,12,16,22H,8-11,13-15H2,1H3;1H/p-1. The lowest BCUT2D eigenvalue weighted by molar-refractivity contribution is -0.0000104. The van der Waals surface area contributed by atoms with Crippen molar-refractivity contribution in [2.45, 2.75) is 12.7 Å². The molecule has 5 nitrogen and oxygen atoms in total. The van der Waals surface area contributed by atoms with E-state index >= 15 is 0 Å². The van der Waals surface area contributed by atoms with E-state index in [-0.39, 0.29) is 12.4 Å². The molecule has 7 heteroatoms. The Labute approximate surface area is 165 Å². The summed E-state index contributed by atoms with van der Waals surface area (Å²) in [4.78, 5) is 5.83. The Morgan fingerprint density at radius 2 is 1.88 bits per heavy atom. The van der Waals surface area contributed by atoms with Crippen molar-refractivity contribution in [2.75, 3.05) is 51.3 Å². The smallest absolute Gasteiger partial charge is 0.142 e. The fourth-order valence-corrected chi connectivity index (χ4v) is 3.74. The zero-order chi connectivity index (χ0) is 17.5. The van der Waals surface area contributed by atoms with Crippen LogP contribution in [0.1, 0.15) is 4.88 Å². The first-order chi connectivity index (χ1) is 12.3. The fraction of sp³-hybridized carbons (Fsp3) is 0.474. The predicted molar refractivity (Wildman–Crippen MR) is 102 cm³/mol. The molecule has 0 amide bonds. The van der Waals surface area contributed by atoms with Gasteiger partial charge in [-0.15, -0.1) is 11.3 Å². The number of β-amino-alcohol motifs (C(OH)–C–C–N with tert-alkyl or cyclic N) is 1. The maximum absolute atomic E-state index is 10.2.